The molecular weight excluding hydrogens is 321 g/mol. The zero-order valence-electron chi connectivity index (χ0n) is 13.4. The number of rotatable bonds is 3. The molecule has 3 aliphatic rings. The summed E-state index contributed by atoms with van der Waals surface area (Å²) in [6.45, 7) is 4.30. The molecule has 1 aliphatic carbocycles. The monoisotopic (exact) mass is 351 g/mol. The first kappa shape index (κ1) is 20.0. The molecule has 0 spiro atoms. The molecule has 0 aromatic rings. The van der Waals surface area contributed by atoms with Crippen molar-refractivity contribution in [3.05, 3.63) is 0 Å². The van der Waals surface area contributed by atoms with Crippen LogP contribution in [0.4, 0.5) is 0 Å². The van der Waals surface area contributed by atoms with E-state index in [0.717, 1.165) is 44.8 Å². The molecule has 3 fully saturated rings. The number of hydrogen-bond donors (Lipinski definition) is 2. The fourth-order valence-corrected chi connectivity index (χ4v) is 4.07. The normalized spacial score (nSPS) is 27.7. The highest BCUT2D eigenvalue weighted by molar-refractivity contribution is 5.85. The van der Waals surface area contributed by atoms with Crippen molar-refractivity contribution in [2.75, 3.05) is 26.2 Å². The maximum Gasteiger partial charge on any atom is 0.224 e. The highest BCUT2D eigenvalue weighted by atomic mass is 35.5. The van der Waals surface area contributed by atoms with Gasteiger partial charge in [-0.3, -0.25) is 4.79 Å². The van der Waals surface area contributed by atoms with E-state index in [1.807, 2.05) is 0 Å². The molecule has 2 saturated heterocycles. The van der Waals surface area contributed by atoms with Gasteiger partial charge >= 0.3 is 0 Å². The minimum absolute atomic E-state index is 0. The summed E-state index contributed by atoms with van der Waals surface area (Å²) in [5, 5.41) is 6.62. The number of carbonyl (C=O) groups is 1. The molecule has 1 amide bonds. The number of amides is 1. The minimum Gasteiger partial charge on any atom is -0.353 e. The zero-order valence-corrected chi connectivity index (χ0v) is 15.0. The standard InChI is InChI=1S/C16H29N3O.2ClH/c20-16(13-4-3-9-17-12-13)18-14-7-10-19(11-8-14)15-5-1-2-6-15;;/h13-15,17H,1-12H2,(H,18,20);2*1H. The van der Waals surface area contributed by atoms with E-state index in [1.54, 1.807) is 0 Å². The fourth-order valence-electron chi connectivity index (χ4n) is 4.07. The lowest BCUT2D eigenvalue weighted by Gasteiger charge is -2.36. The number of nitrogens with zero attached hydrogens (tertiary/aromatic N) is 1. The number of halogens is 2. The van der Waals surface area contributed by atoms with Crippen LogP contribution in [0.15, 0.2) is 0 Å². The molecular formula is C16H31Cl2N3O. The molecule has 2 N–H and O–H groups in total. The van der Waals surface area contributed by atoms with Gasteiger partial charge in [0.1, 0.15) is 0 Å². The highest BCUT2D eigenvalue weighted by Gasteiger charge is 2.29. The second-order valence-electron chi connectivity index (χ2n) is 6.80. The van der Waals surface area contributed by atoms with Crippen LogP contribution < -0.4 is 10.6 Å². The maximum absolute atomic E-state index is 12.2. The predicted molar refractivity (Wildman–Crippen MR) is 95.1 cm³/mol. The maximum atomic E-state index is 12.2. The van der Waals surface area contributed by atoms with Crippen molar-refractivity contribution in [3.63, 3.8) is 0 Å². The van der Waals surface area contributed by atoms with Crippen LogP contribution in [0, 0.1) is 5.92 Å². The van der Waals surface area contributed by atoms with Crippen LogP contribution in [0.25, 0.3) is 0 Å². The molecule has 6 heteroatoms. The van der Waals surface area contributed by atoms with E-state index in [0.29, 0.717) is 6.04 Å². The Morgan fingerprint density at radius 3 is 2.23 bits per heavy atom. The average Bonchev–Trinajstić information content (AvgIpc) is 3.03. The molecule has 1 atom stereocenters. The van der Waals surface area contributed by atoms with Gasteiger partial charge in [-0.2, -0.15) is 0 Å². The summed E-state index contributed by atoms with van der Waals surface area (Å²) >= 11 is 0. The van der Waals surface area contributed by atoms with Crippen LogP contribution in [-0.4, -0.2) is 49.1 Å². The summed E-state index contributed by atoms with van der Waals surface area (Å²) in [6.07, 6.45) is 10.1. The topological polar surface area (TPSA) is 44.4 Å². The molecule has 0 radical (unpaired) electrons. The number of likely N-dealkylation sites (tertiary alicyclic amines) is 1. The summed E-state index contributed by atoms with van der Waals surface area (Å²) in [4.78, 5) is 14.9. The van der Waals surface area contributed by atoms with Crippen LogP contribution in [0.1, 0.15) is 51.4 Å². The molecule has 3 rings (SSSR count). The molecule has 1 saturated carbocycles. The van der Waals surface area contributed by atoms with Crippen molar-refractivity contribution in [1.82, 2.24) is 15.5 Å². The number of nitrogens with one attached hydrogen (secondary N) is 2. The third kappa shape index (κ3) is 5.26. The van der Waals surface area contributed by atoms with Gasteiger partial charge in [-0.05, 0) is 45.1 Å². The predicted octanol–water partition coefficient (Wildman–Crippen LogP) is 2.35. The molecule has 0 aromatic heterocycles. The molecule has 2 heterocycles. The molecule has 22 heavy (non-hydrogen) atoms. The van der Waals surface area contributed by atoms with Gasteiger partial charge in [-0.15, -0.1) is 24.8 Å². The van der Waals surface area contributed by atoms with Crippen molar-refractivity contribution in [2.45, 2.75) is 63.5 Å². The van der Waals surface area contributed by atoms with Gasteiger partial charge in [0.2, 0.25) is 5.91 Å². The Balaban J connectivity index is 0.00000121. The van der Waals surface area contributed by atoms with Gasteiger partial charge in [-0.1, -0.05) is 12.8 Å². The first-order valence-electron chi connectivity index (χ1n) is 8.58. The second kappa shape index (κ2) is 9.96. The largest absolute Gasteiger partial charge is 0.353 e. The first-order chi connectivity index (χ1) is 9.83. The number of carbonyl (C=O) groups excluding carboxylic acids is 1. The Morgan fingerprint density at radius 1 is 0.955 bits per heavy atom. The summed E-state index contributed by atoms with van der Waals surface area (Å²) in [7, 11) is 0. The van der Waals surface area contributed by atoms with E-state index in [1.165, 1.54) is 38.8 Å². The van der Waals surface area contributed by atoms with E-state index in [-0.39, 0.29) is 36.6 Å². The molecule has 4 nitrogen and oxygen atoms in total. The van der Waals surface area contributed by atoms with E-state index in [2.05, 4.69) is 15.5 Å². The molecule has 1 unspecified atom stereocenters. The fraction of sp³-hybridized carbons (Fsp3) is 0.938. The van der Waals surface area contributed by atoms with Gasteiger partial charge < -0.3 is 15.5 Å². The molecule has 0 aromatic carbocycles. The van der Waals surface area contributed by atoms with E-state index >= 15 is 0 Å². The Labute approximate surface area is 147 Å². The molecule has 0 bridgehead atoms. The van der Waals surface area contributed by atoms with Crippen LogP contribution >= 0.6 is 24.8 Å². The zero-order chi connectivity index (χ0) is 13.8. The van der Waals surface area contributed by atoms with Crippen LogP contribution in [-0.2, 0) is 4.79 Å². The van der Waals surface area contributed by atoms with Crippen LogP contribution in [0.2, 0.25) is 0 Å². The Morgan fingerprint density at radius 2 is 1.64 bits per heavy atom. The lowest BCUT2D eigenvalue weighted by molar-refractivity contribution is -0.126. The average molecular weight is 352 g/mol. The van der Waals surface area contributed by atoms with Crippen LogP contribution in [0.5, 0.6) is 0 Å². The Kier molecular flexibility index (Phi) is 9.07. The van der Waals surface area contributed by atoms with E-state index in [9.17, 15) is 4.79 Å². The first-order valence-corrected chi connectivity index (χ1v) is 8.58. The molecule has 2 aliphatic heterocycles. The van der Waals surface area contributed by atoms with Gasteiger partial charge in [-0.25, -0.2) is 0 Å². The summed E-state index contributed by atoms with van der Waals surface area (Å²) in [5.74, 6) is 0.494. The van der Waals surface area contributed by atoms with Gasteiger partial charge in [0, 0.05) is 31.7 Å². The van der Waals surface area contributed by atoms with Crippen molar-refractivity contribution < 1.29 is 4.79 Å². The van der Waals surface area contributed by atoms with Crippen molar-refractivity contribution in [1.29, 1.82) is 0 Å². The lowest BCUT2D eigenvalue weighted by Crippen LogP contribution is -2.50. The highest BCUT2D eigenvalue weighted by Crippen LogP contribution is 2.26. The van der Waals surface area contributed by atoms with E-state index < -0.39 is 0 Å². The Hall–Kier alpha value is -0.0300. The van der Waals surface area contributed by atoms with Crippen molar-refractivity contribution in [3.8, 4) is 0 Å². The SMILES string of the molecule is Cl.Cl.O=C(NC1CCN(C2CCCC2)CC1)C1CCCNC1. The molecule has 130 valence electrons. The number of piperidine rings is 2. The quantitative estimate of drug-likeness (QED) is 0.820. The second-order valence-corrected chi connectivity index (χ2v) is 6.80. The number of hydrogen-bond acceptors (Lipinski definition) is 3. The lowest BCUT2D eigenvalue weighted by atomic mass is 9.97. The van der Waals surface area contributed by atoms with Crippen LogP contribution in [0.3, 0.4) is 0 Å². The third-order valence-corrected chi connectivity index (χ3v) is 5.38. The summed E-state index contributed by atoms with van der Waals surface area (Å²) in [5.41, 5.74) is 0. The van der Waals surface area contributed by atoms with Gasteiger partial charge in [0.05, 0.1) is 5.92 Å². The third-order valence-electron chi connectivity index (χ3n) is 5.38. The smallest absolute Gasteiger partial charge is 0.224 e. The minimum atomic E-state index is 0. The summed E-state index contributed by atoms with van der Waals surface area (Å²) in [6, 6.07) is 1.26. The Bertz CT molecular complexity index is 323. The summed E-state index contributed by atoms with van der Waals surface area (Å²) < 4.78 is 0. The van der Waals surface area contributed by atoms with Gasteiger partial charge in [0.15, 0.2) is 0 Å². The van der Waals surface area contributed by atoms with Crippen molar-refractivity contribution >= 4 is 30.7 Å². The van der Waals surface area contributed by atoms with Crippen molar-refractivity contribution in [2.24, 2.45) is 5.92 Å². The van der Waals surface area contributed by atoms with E-state index in [4.69, 9.17) is 0 Å². The van der Waals surface area contributed by atoms with Gasteiger partial charge in [0.25, 0.3) is 0 Å².